The lowest BCUT2D eigenvalue weighted by atomic mass is 9.74. The van der Waals surface area contributed by atoms with Gasteiger partial charge in [-0.3, -0.25) is 10.00 Å². The van der Waals surface area contributed by atoms with Crippen LogP contribution in [0.3, 0.4) is 0 Å². The fraction of sp³-hybridized carbons (Fsp3) is 0.722. The summed E-state index contributed by atoms with van der Waals surface area (Å²) in [7, 11) is -3.51. The van der Waals surface area contributed by atoms with Crippen LogP contribution in [0.2, 0.25) is 0 Å². The van der Waals surface area contributed by atoms with E-state index in [1.54, 1.807) is 0 Å². The predicted molar refractivity (Wildman–Crippen MR) is 98.1 cm³/mol. The lowest BCUT2D eigenvalue weighted by molar-refractivity contribution is 0.00298. The zero-order valence-corrected chi connectivity index (χ0v) is 16.3. The van der Waals surface area contributed by atoms with Crippen molar-refractivity contribution >= 4 is 10.0 Å². The number of nitrogens with zero attached hydrogens (tertiary/aromatic N) is 2. The molecule has 3 fully saturated rings. The summed E-state index contributed by atoms with van der Waals surface area (Å²) in [5, 5.41) is 6.28. The number of aromatic amines is 1. The molecule has 0 radical (unpaired) electrons. The number of likely N-dealkylation sites (tertiary alicyclic amines) is 1. The van der Waals surface area contributed by atoms with Gasteiger partial charge in [0.1, 0.15) is 4.90 Å². The van der Waals surface area contributed by atoms with Crippen molar-refractivity contribution < 1.29 is 13.2 Å². The number of sulfonamides is 1. The minimum Gasteiger partial charge on any atom is -0.370 e. The minimum atomic E-state index is -3.51. The lowest BCUT2D eigenvalue weighted by Gasteiger charge is -2.29. The molecule has 3 aliphatic rings. The van der Waals surface area contributed by atoms with E-state index in [0.717, 1.165) is 38.9 Å². The number of aromatic nitrogens is 2. The van der Waals surface area contributed by atoms with Crippen molar-refractivity contribution in [1.29, 1.82) is 0 Å². The summed E-state index contributed by atoms with van der Waals surface area (Å²) in [6, 6.07) is 0. The first-order valence-electron chi connectivity index (χ1n) is 9.42. The molecule has 144 valence electrons. The van der Waals surface area contributed by atoms with E-state index in [2.05, 4.69) is 39.7 Å². The first-order chi connectivity index (χ1) is 12.4. The maximum absolute atomic E-state index is 12.4. The van der Waals surface area contributed by atoms with Crippen molar-refractivity contribution in [3.8, 4) is 0 Å². The van der Waals surface area contributed by atoms with Crippen LogP contribution < -0.4 is 4.72 Å². The van der Waals surface area contributed by atoms with Crippen molar-refractivity contribution in [2.75, 3.05) is 26.2 Å². The van der Waals surface area contributed by atoms with Gasteiger partial charge in [0.05, 0.1) is 17.9 Å². The van der Waals surface area contributed by atoms with Crippen molar-refractivity contribution in [2.45, 2.75) is 49.7 Å². The topological polar surface area (TPSA) is 87.3 Å². The Kier molecular flexibility index (Phi) is 4.71. The maximum atomic E-state index is 12.4. The van der Waals surface area contributed by atoms with Crippen LogP contribution in [-0.2, 0) is 14.8 Å². The third-order valence-corrected chi connectivity index (χ3v) is 7.54. The van der Waals surface area contributed by atoms with Crippen molar-refractivity contribution in [2.24, 2.45) is 11.8 Å². The average Bonchev–Trinajstić information content (AvgIpc) is 3.33. The van der Waals surface area contributed by atoms with Gasteiger partial charge in [-0.05, 0) is 33.1 Å². The van der Waals surface area contributed by atoms with Crippen molar-refractivity contribution in [3.63, 3.8) is 0 Å². The highest BCUT2D eigenvalue weighted by molar-refractivity contribution is 7.89. The molecular formula is C18H28N4O3S. The highest BCUT2D eigenvalue weighted by Gasteiger charge is 2.62. The quantitative estimate of drug-likeness (QED) is 0.701. The third kappa shape index (κ3) is 3.24. The van der Waals surface area contributed by atoms with Crippen LogP contribution >= 0.6 is 0 Å². The first-order valence-corrected chi connectivity index (χ1v) is 10.9. The second-order valence-electron chi connectivity index (χ2n) is 8.12. The molecule has 3 saturated heterocycles. The number of rotatable bonds is 7. The first kappa shape index (κ1) is 18.2. The molecule has 26 heavy (non-hydrogen) atoms. The summed E-state index contributed by atoms with van der Waals surface area (Å²) < 4.78 is 33.9. The van der Waals surface area contributed by atoms with Crippen molar-refractivity contribution in [3.05, 3.63) is 24.0 Å². The molecule has 4 rings (SSSR count). The van der Waals surface area contributed by atoms with Gasteiger partial charge < -0.3 is 4.74 Å². The Balaban J connectivity index is 1.40. The van der Waals surface area contributed by atoms with Crippen LogP contribution in [0.4, 0.5) is 0 Å². The van der Waals surface area contributed by atoms with E-state index in [9.17, 15) is 8.42 Å². The number of nitrogens with one attached hydrogen (secondary N) is 2. The molecular weight excluding hydrogens is 352 g/mol. The van der Waals surface area contributed by atoms with Crippen LogP contribution in [0.15, 0.2) is 28.9 Å². The number of allylic oxidation sites excluding steroid dienone is 1. The molecule has 2 N–H and O–H groups in total. The average molecular weight is 381 g/mol. The van der Waals surface area contributed by atoms with E-state index in [0.29, 0.717) is 12.5 Å². The third-order valence-electron chi connectivity index (χ3n) is 6.14. The van der Waals surface area contributed by atoms with Crippen molar-refractivity contribution in [1.82, 2.24) is 19.8 Å². The van der Waals surface area contributed by atoms with E-state index < -0.39 is 10.0 Å². The van der Waals surface area contributed by atoms with E-state index in [4.69, 9.17) is 4.74 Å². The normalized spacial score (nSPS) is 33.5. The van der Waals surface area contributed by atoms with Gasteiger partial charge in [0.25, 0.3) is 0 Å². The van der Waals surface area contributed by atoms with Crippen LogP contribution in [-0.4, -0.2) is 61.4 Å². The summed E-state index contributed by atoms with van der Waals surface area (Å²) in [5.41, 5.74) is 1.30. The molecule has 1 spiro atoms. The second kappa shape index (κ2) is 6.74. The molecule has 0 aliphatic carbocycles. The Morgan fingerprint density at radius 1 is 1.54 bits per heavy atom. The SMILES string of the molecule is CC(C)=CCCN1C[C@@H]2[C@H](CNS(=O)(=O)c3cn[nH]c3)[C@H]3CC[C@]2(C1)O3. The lowest BCUT2D eigenvalue weighted by Crippen LogP contribution is -2.41. The number of fused-ring (bicyclic) bond motifs is 1. The predicted octanol–water partition coefficient (Wildman–Crippen LogP) is 1.52. The van der Waals surface area contributed by atoms with Gasteiger partial charge in [0, 0.05) is 44.2 Å². The number of hydrogen-bond acceptors (Lipinski definition) is 5. The molecule has 1 aromatic rings. The van der Waals surface area contributed by atoms with Crippen LogP contribution in [0, 0.1) is 11.8 Å². The molecule has 2 bridgehead atoms. The number of ether oxygens (including phenoxy) is 1. The molecule has 0 unspecified atom stereocenters. The zero-order chi connectivity index (χ0) is 18.4. The Morgan fingerprint density at radius 2 is 2.38 bits per heavy atom. The van der Waals surface area contributed by atoms with E-state index in [-0.39, 0.29) is 22.5 Å². The maximum Gasteiger partial charge on any atom is 0.243 e. The molecule has 0 amide bonds. The highest BCUT2D eigenvalue weighted by atomic mass is 32.2. The van der Waals surface area contributed by atoms with Gasteiger partial charge in [0.2, 0.25) is 10.0 Å². The Morgan fingerprint density at radius 3 is 3.12 bits per heavy atom. The van der Waals surface area contributed by atoms with Crippen LogP contribution in [0.25, 0.3) is 0 Å². The smallest absolute Gasteiger partial charge is 0.243 e. The molecule has 0 saturated carbocycles. The van der Waals surface area contributed by atoms with Gasteiger partial charge >= 0.3 is 0 Å². The molecule has 4 heterocycles. The summed E-state index contributed by atoms with van der Waals surface area (Å²) in [4.78, 5) is 2.68. The number of hydrogen-bond donors (Lipinski definition) is 2. The van der Waals surface area contributed by atoms with E-state index in [1.165, 1.54) is 18.0 Å². The summed E-state index contributed by atoms with van der Waals surface area (Å²) in [6.07, 6.45) is 8.41. The Bertz CT molecular complexity index is 772. The fourth-order valence-electron chi connectivity index (χ4n) is 4.94. The molecule has 8 heteroatoms. The van der Waals surface area contributed by atoms with Gasteiger partial charge in [-0.15, -0.1) is 0 Å². The molecule has 7 nitrogen and oxygen atoms in total. The van der Waals surface area contributed by atoms with Gasteiger partial charge in [-0.2, -0.15) is 5.10 Å². The fourth-order valence-corrected chi connectivity index (χ4v) is 5.92. The molecule has 4 atom stereocenters. The second-order valence-corrected chi connectivity index (χ2v) is 9.89. The molecule has 3 aliphatic heterocycles. The Labute approximate surface area is 155 Å². The largest absolute Gasteiger partial charge is 0.370 e. The minimum absolute atomic E-state index is 0.0542. The van der Waals surface area contributed by atoms with Gasteiger partial charge in [0.15, 0.2) is 0 Å². The van der Waals surface area contributed by atoms with E-state index >= 15 is 0 Å². The molecule has 0 aromatic carbocycles. The summed E-state index contributed by atoms with van der Waals surface area (Å²) in [5.74, 6) is 0.666. The summed E-state index contributed by atoms with van der Waals surface area (Å²) >= 11 is 0. The number of H-pyrrole nitrogens is 1. The Hall–Kier alpha value is -1.22. The highest BCUT2D eigenvalue weighted by Crippen LogP contribution is 2.54. The zero-order valence-electron chi connectivity index (χ0n) is 15.4. The standard InChI is InChI=1S/C18H28N4O3S/c1-13(2)4-3-7-22-11-16-15(17-5-6-18(16,12-22)25-17)10-21-26(23,24)14-8-19-20-9-14/h4,8-9,15-17,21H,3,5-7,10-12H2,1-2H3,(H,19,20)/t15-,16+,17+,18+/m0/s1. The monoisotopic (exact) mass is 380 g/mol. The van der Waals surface area contributed by atoms with Gasteiger partial charge in [-0.25, -0.2) is 13.1 Å². The van der Waals surface area contributed by atoms with Gasteiger partial charge in [-0.1, -0.05) is 11.6 Å². The van der Waals surface area contributed by atoms with E-state index in [1.807, 2.05) is 0 Å². The summed E-state index contributed by atoms with van der Waals surface area (Å²) in [6.45, 7) is 7.73. The van der Waals surface area contributed by atoms with Crippen LogP contribution in [0.5, 0.6) is 0 Å². The molecule has 1 aromatic heterocycles. The van der Waals surface area contributed by atoms with Crippen LogP contribution in [0.1, 0.15) is 33.1 Å².